The van der Waals surface area contributed by atoms with Crippen LogP contribution < -0.4 is 10.3 Å². The van der Waals surface area contributed by atoms with Gasteiger partial charge in [0.15, 0.2) is 10.8 Å². The Morgan fingerprint density at radius 3 is 2.41 bits per heavy atom. The third-order valence-corrected chi connectivity index (χ3v) is 6.19. The lowest BCUT2D eigenvalue weighted by molar-refractivity contribution is -0.141. The van der Waals surface area contributed by atoms with Gasteiger partial charge in [-0.1, -0.05) is 29.8 Å². The van der Waals surface area contributed by atoms with Crippen molar-refractivity contribution in [2.24, 2.45) is 0 Å². The van der Waals surface area contributed by atoms with E-state index < -0.39 is 23.0 Å². The highest BCUT2D eigenvalue weighted by molar-refractivity contribution is 6.31. The number of aromatic nitrogens is 5. The number of benzene rings is 1. The van der Waals surface area contributed by atoms with Crippen LogP contribution in [0.1, 0.15) is 48.0 Å². The van der Waals surface area contributed by atoms with Crippen molar-refractivity contribution < 1.29 is 23.0 Å². The van der Waals surface area contributed by atoms with E-state index in [1.807, 2.05) is 26.0 Å². The van der Waals surface area contributed by atoms with Gasteiger partial charge < -0.3 is 9.84 Å². The van der Waals surface area contributed by atoms with Crippen LogP contribution in [0.4, 0.5) is 13.2 Å². The zero-order valence-electron chi connectivity index (χ0n) is 21.8. The van der Waals surface area contributed by atoms with Crippen molar-refractivity contribution in [1.29, 1.82) is 0 Å². The predicted octanol–water partition coefficient (Wildman–Crippen LogP) is 5.49. The second-order valence-corrected chi connectivity index (χ2v) is 9.88. The number of aryl methyl sites for hydroxylation is 3. The summed E-state index contributed by atoms with van der Waals surface area (Å²) < 4.78 is 45.7. The summed E-state index contributed by atoms with van der Waals surface area (Å²) in [7, 11) is 0. The Kier molecular flexibility index (Phi) is 7.50. The Hall–Kier alpha value is -3.83. The number of hydrogen-bond acceptors (Lipinski definition) is 7. The SMILES string of the molecule is Cc1ccc(-c2nc(C(C)(C)O)ncc2C)cc1-n1c(C)nc(OCc2cccc(C(F)(F)F)n2)c(Cl)c1=O. The first kappa shape index (κ1) is 28.2. The van der Waals surface area contributed by atoms with Gasteiger partial charge in [-0.15, -0.1) is 0 Å². The summed E-state index contributed by atoms with van der Waals surface area (Å²) in [6.07, 6.45) is -2.98. The molecule has 0 fully saturated rings. The molecule has 0 spiro atoms. The average Bonchev–Trinajstić information content (AvgIpc) is 2.86. The first-order valence-electron chi connectivity index (χ1n) is 11.8. The summed E-state index contributed by atoms with van der Waals surface area (Å²) in [5.74, 6) is 0.276. The van der Waals surface area contributed by atoms with Crippen molar-refractivity contribution in [2.45, 2.75) is 53.0 Å². The highest BCUT2D eigenvalue weighted by Gasteiger charge is 2.32. The standard InChI is InChI=1S/C27H25ClF3N5O3/c1-14-9-10-17(22-15(2)12-32-25(35-22)26(4,5)38)11-19(14)36-16(3)33-23(21(28)24(36)37)39-13-18-7-6-8-20(34-18)27(29,30)31/h6-12,38H,13H2,1-5H3. The number of halogens is 4. The molecule has 4 aromatic rings. The first-order chi connectivity index (χ1) is 18.2. The van der Waals surface area contributed by atoms with Crippen LogP contribution in [0.15, 0.2) is 47.4 Å². The molecule has 1 aromatic carbocycles. The third kappa shape index (κ3) is 5.94. The molecule has 39 heavy (non-hydrogen) atoms. The van der Waals surface area contributed by atoms with E-state index in [-0.39, 0.29) is 34.9 Å². The Morgan fingerprint density at radius 1 is 1.03 bits per heavy atom. The van der Waals surface area contributed by atoms with Crippen LogP contribution in [0, 0.1) is 20.8 Å². The predicted molar refractivity (Wildman–Crippen MR) is 139 cm³/mol. The fourth-order valence-corrected chi connectivity index (χ4v) is 4.03. The lowest BCUT2D eigenvalue weighted by Crippen LogP contribution is -2.24. The molecule has 0 atom stereocenters. The largest absolute Gasteiger partial charge is 0.470 e. The van der Waals surface area contributed by atoms with Crippen molar-refractivity contribution in [3.8, 4) is 22.8 Å². The van der Waals surface area contributed by atoms with Gasteiger partial charge in [0.2, 0.25) is 5.88 Å². The number of alkyl halides is 3. The number of aliphatic hydroxyl groups is 1. The van der Waals surface area contributed by atoms with Crippen molar-refractivity contribution in [3.63, 3.8) is 0 Å². The van der Waals surface area contributed by atoms with Gasteiger partial charge in [0.1, 0.15) is 23.7 Å². The van der Waals surface area contributed by atoms with Gasteiger partial charge in [-0.2, -0.15) is 18.2 Å². The maximum atomic E-state index is 13.3. The molecule has 0 aliphatic heterocycles. The van der Waals surface area contributed by atoms with E-state index in [1.54, 1.807) is 33.0 Å². The van der Waals surface area contributed by atoms with Crippen LogP contribution >= 0.6 is 11.6 Å². The van der Waals surface area contributed by atoms with Gasteiger partial charge in [0, 0.05) is 11.8 Å². The Bertz CT molecular complexity index is 1610. The van der Waals surface area contributed by atoms with Gasteiger partial charge in [-0.25, -0.2) is 15.0 Å². The normalized spacial score (nSPS) is 12.1. The highest BCUT2D eigenvalue weighted by Crippen LogP contribution is 2.30. The maximum Gasteiger partial charge on any atom is 0.433 e. The van der Waals surface area contributed by atoms with E-state index in [4.69, 9.17) is 16.3 Å². The van der Waals surface area contributed by atoms with E-state index in [2.05, 4.69) is 19.9 Å². The monoisotopic (exact) mass is 559 g/mol. The average molecular weight is 560 g/mol. The fourth-order valence-electron chi connectivity index (χ4n) is 3.85. The Morgan fingerprint density at radius 2 is 1.74 bits per heavy atom. The molecule has 0 saturated carbocycles. The molecule has 0 amide bonds. The number of ether oxygens (including phenoxy) is 1. The zero-order valence-corrected chi connectivity index (χ0v) is 22.5. The van der Waals surface area contributed by atoms with E-state index in [9.17, 15) is 23.1 Å². The minimum atomic E-state index is -4.60. The van der Waals surface area contributed by atoms with Gasteiger partial charge in [0.25, 0.3) is 5.56 Å². The lowest BCUT2D eigenvalue weighted by Gasteiger charge is -2.18. The van der Waals surface area contributed by atoms with E-state index >= 15 is 0 Å². The molecule has 0 saturated heterocycles. The minimum Gasteiger partial charge on any atom is -0.470 e. The zero-order chi connectivity index (χ0) is 28.7. The van der Waals surface area contributed by atoms with Crippen molar-refractivity contribution >= 4 is 11.6 Å². The molecule has 0 radical (unpaired) electrons. The molecule has 0 aliphatic carbocycles. The summed E-state index contributed by atoms with van der Waals surface area (Å²) >= 11 is 6.33. The van der Waals surface area contributed by atoms with Crippen molar-refractivity contribution in [1.82, 2.24) is 24.5 Å². The van der Waals surface area contributed by atoms with Crippen LogP contribution in [0.25, 0.3) is 16.9 Å². The van der Waals surface area contributed by atoms with E-state index in [0.29, 0.717) is 16.9 Å². The van der Waals surface area contributed by atoms with E-state index in [1.165, 1.54) is 16.7 Å². The molecule has 3 aromatic heterocycles. The summed E-state index contributed by atoms with van der Waals surface area (Å²) in [6, 6.07) is 8.86. The molecule has 8 nitrogen and oxygen atoms in total. The smallest absolute Gasteiger partial charge is 0.433 e. The Labute approximate surface area is 227 Å². The molecule has 204 valence electrons. The summed E-state index contributed by atoms with van der Waals surface area (Å²) in [4.78, 5) is 30.0. The van der Waals surface area contributed by atoms with Crippen molar-refractivity contribution in [3.05, 3.63) is 92.1 Å². The van der Waals surface area contributed by atoms with Crippen LogP contribution in [-0.2, 0) is 18.4 Å². The summed E-state index contributed by atoms with van der Waals surface area (Å²) in [5, 5.41) is 10.0. The number of hydrogen-bond donors (Lipinski definition) is 1. The minimum absolute atomic E-state index is 0.00119. The second kappa shape index (κ2) is 10.4. The molecule has 1 N–H and O–H groups in total. The van der Waals surface area contributed by atoms with E-state index in [0.717, 1.165) is 17.2 Å². The molecule has 0 aliphatic rings. The molecule has 4 rings (SSSR count). The van der Waals surface area contributed by atoms with Crippen LogP contribution in [0.3, 0.4) is 0 Å². The highest BCUT2D eigenvalue weighted by atomic mass is 35.5. The fraction of sp³-hybridized carbons (Fsp3) is 0.296. The molecular weight excluding hydrogens is 535 g/mol. The summed E-state index contributed by atoms with van der Waals surface area (Å²) in [5.41, 5.74) is 0.354. The maximum absolute atomic E-state index is 13.3. The Balaban J connectivity index is 1.71. The van der Waals surface area contributed by atoms with Crippen LogP contribution in [0.5, 0.6) is 5.88 Å². The number of nitrogens with zero attached hydrogens (tertiary/aromatic N) is 5. The molecule has 0 bridgehead atoms. The van der Waals surface area contributed by atoms with Crippen molar-refractivity contribution in [2.75, 3.05) is 0 Å². The summed E-state index contributed by atoms with van der Waals surface area (Å²) in [6.45, 7) is 8.05. The third-order valence-electron chi connectivity index (χ3n) is 5.86. The number of pyridine rings is 1. The lowest BCUT2D eigenvalue weighted by atomic mass is 10.0. The molecule has 3 heterocycles. The molecule has 12 heteroatoms. The molecular formula is C27H25ClF3N5O3. The molecule has 0 unspecified atom stereocenters. The number of rotatable bonds is 6. The van der Waals surface area contributed by atoms with Gasteiger partial charge >= 0.3 is 6.18 Å². The van der Waals surface area contributed by atoms with Gasteiger partial charge in [0.05, 0.1) is 17.1 Å². The van der Waals surface area contributed by atoms with Gasteiger partial charge in [-0.3, -0.25) is 9.36 Å². The topological polar surface area (TPSA) is 103 Å². The van der Waals surface area contributed by atoms with Gasteiger partial charge in [-0.05, 0) is 63.9 Å². The van der Waals surface area contributed by atoms with Crippen LogP contribution in [0.2, 0.25) is 5.02 Å². The first-order valence-corrected chi connectivity index (χ1v) is 12.2. The quantitative estimate of drug-likeness (QED) is 0.333. The van der Waals surface area contributed by atoms with Crippen LogP contribution in [-0.4, -0.2) is 29.6 Å². The second-order valence-electron chi connectivity index (χ2n) is 9.50.